The average molecular weight is 294 g/mol. The number of aryl methyl sites for hydroxylation is 1. The van der Waals surface area contributed by atoms with E-state index in [0.717, 1.165) is 11.8 Å². The lowest BCUT2D eigenvalue weighted by atomic mass is 9.68. The molecule has 0 amide bonds. The lowest BCUT2D eigenvalue weighted by Crippen LogP contribution is -2.38. The number of thiophene rings is 1. The van der Waals surface area contributed by atoms with Gasteiger partial charge in [0.05, 0.1) is 0 Å². The Morgan fingerprint density at radius 1 is 1.25 bits per heavy atom. The van der Waals surface area contributed by atoms with Gasteiger partial charge in [-0.05, 0) is 85.2 Å². The molecule has 0 aliphatic heterocycles. The minimum atomic E-state index is 0.497. The Morgan fingerprint density at radius 2 is 1.95 bits per heavy atom. The molecule has 1 fully saturated rings. The normalized spacial score (nSPS) is 25.6. The first kappa shape index (κ1) is 16.0. The van der Waals surface area contributed by atoms with E-state index in [1.165, 1.54) is 44.1 Å². The highest BCUT2D eigenvalue weighted by atomic mass is 32.1. The second-order valence-electron chi connectivity index (χ2n) is 7.54. The molecule has 114 valence electrons. The van der Waals surface area contributed by atoms with E-state index < -0.39 is 0 Å². The molecule has 2 rings (SSSR count). The maximum Gasteiger partial charge on any atom is 0.00955 e. The standard InChI is InChI=1S/C18H31NS/c1-18(2,3)16-8-6-15(7-9-16)17(19-4)10-5-14-11-12-20-13-14/h11-13,15-17,19H,5-10H2,1-4H3. The van der Waals surface area contributed by atoms with Crippen LogP contribution in [-0.4, -0.2) is 13.1 Å². The minimum absolute atomic E-state index is 0.497. The van der Waals surface area contributed by atoms with Crippen molar-refractivity contribution in [1.82, 2.24) is 5.32 Å². The monoisotopic (exact) mass is 293 g/mol. The molecule has 1 aromatic heterocycles. The van der Waals surface area contributed by atoms with Crippen LogP contribution in [0, 0.1) is 17.3 Å². The van der Waals surface area contributed by atoms with Gasteiger partial charge in [0.15, 0.2) is 0 Å². The lowest BCUT2D eigenvalue weighted by Gasteiger charge is -2.39. The quantitative estimate of drug-likeness (QED) is 0.794. The van der Waals surface area contributed by atoms with Gasteiger partial charge in [-0.2, -0.15) is 11.3 Å². The summed E-state index contributed by atoms with van der Waals surface area (Å²) in [5, 5.41) is 8.08. The smallest absolute Gasteiger partial charge is 0.00955 e. The number of nitrogens with one attached hydrogen (secondary N) is 1. The Labute approximate surface area is 129 Å². The molecule has 1 heterocycles. The summed E-state index contributed by atoms with van der Waals surface area (Å²) in [4.78, 5) is 0. The van der Waals surface area contributed by atoms with Crippen LogP contribution in [0.4, 0.5) is 0 Å². The van der Waals surface area contributed by atoms with Crippen LogP contribution in [0.25, 0.3) is 0 Å². The molecule has 1 unspecified atom stereocenters. The number of rotatable bonds is 5. The van der Waals surface area contributed by atoms with Crippen LogP contribution < -0.4 is 5.32 Å². The lowest BCUT2D eigenvalue weighted by molar-refractivity contribution is 0.132. The molecule has 1 aliphatic carbocycles. The highest BCUT2D eigenvalue weighted by Gasteiger charge is 2.32. The zero-order chi connectivity index (χ0) is 14.6. The molecule has 1 N–H and O–H groups in total. The van der Waals surface area contributed by atoms with Crippen molar-refractivity contribution < 1.29 is 0 Å². The summed E-state index contributed by atoms with van der Waals surface area (Å²) in [5.41, 5.74) is 2.01. The second kappa shape index (κ2) is 7.09. The van der Waals surface area contributed by atoms with Crippen LogP contribution in [0.5, 0.6) is 0 Å². The van der Waals surface area contributed by atoms with Crippen molar-refractivity contribution in [3.8, 4) is 0 Å². The molecule has 1 atom stereocenters. The van der Waals surface area contributed by atoms with Gasteiger partial charge in [-0.3, -0.25) is 0 Å². The number of hydrogen-bond donors (Lipinski definition) is 1. The van der Waals surface area contributed by atoms with Crippen LogP contribution in [0.15, 0.2) is 16.8 Å². The largest absolute Gasteiger partial charge is 0.317 e. The van der Waals surface area contributed by atoms with Crippen molar-refractivity contribution in [3.63, 3.8) is 0 Å². The Hall–Kier alpha value is -0.340. The molecule has 1 aliphatic rings. The summed E-state index contributed by atoms with van der Waals surface area (Å²) in [5.74, 6) is 1.81. The maximum absolute atomic E-state index is 3.59. The zero-order valence-electron chi connectivity index (χ0n) is 13.6. The molecule has 1 aromatic rings. The molecule has 0 saturated heterocycles. The Bertz CT molecular complexity index is 369. The van der Waals surface area contributed by atoms with Crippen molar-refractivity contribution in [2.24, 2.45) is 17.3 Å². The van der Waals surface area contributed by atoms with E-state index in [9.17, 15) is 0 Å². The third kappa shape index (κ3) is 4.33. The van der Waals surface area contributed by atoms with E-state index in [0.29, 0.717) is 11.5 Å². The first-order valence-electron chi connectivity index (χ1n) is 8.19. The predicted octanol–water partition coefficient (Wildman–Crippen LogP) is 5.12. The fourth-order valence-corrected chi connectivity index (χ4v) is 4.46. The summed E-state index contributed by atoms with van der Waals surface area (Å²) in [6.07, 6.45) is 8.19. The molecule has 1 saturated carbocycles. The van der Waals surface area contributed by atoms with Crippen LogP contribution in [-0.2, 0) is 6.42 Å². The van der Waals surface area contributed by atoms with E-state index in [2.05, 4.69) is 50.0 Å². The van der Waals surface area contributed by atoms with Crippen molar-refractivity contribution >= 4 is 11.3 Å². The van der Waals surface area contributed by atoms with Crippen molar-refractivity contribution in [3.05, 3.63) is 22.4 Å². The molecule has 1 nitrogen and oxygen atoms in total. The zero-order valence-corrected chi connectivity index (χ0v) is 14.4. The molecule has 20 heavy (non-hydrogen) atoms. The summed E-state index contributed by atoms with van der Waals surface area (Å²) < 4.78 is 0. The molecule has 0 radical (unpaired) electrons. The molecule has 0 spiro atoms. The molecule has 0 bridgehead atoms. The summed E-state index contributed by atoms with van der Waals surface area (Å²) in [6, 6.07) is 2.98. The van der Waals surface area contributed by atoms with Crippen molar-refractivity contribution in [2.75, 3.05) is 7.05 Å². The Balaban J connectivity index is 1.81. The average Bonchev–Trinajstić information content (AvgIpc) is 2.92. The third-order valence-corrected chi connectivity index (χ3v) is 5.99. The van der Waals surface area contributed by atoms with E-state index in [1.54, 1.807) is 0 Å². The Morgan fingerprint density at radius 3 is 2.45 bits per heavy atom. The summed E-state index contributed by atoms with van der Waals surface area (Å²) in [6.45, 7) is 7.22. The van der Waals surface area contributed by atoms with E-state index in [1.807, 2.05) is 11.3 Å². The topological polar surface area (TPSA) is 12.0 Å². The van der Waals surface area contributed by atoms with Gasteiger partial charge in [0.2, 0.25) is 0 Å². The first-order chi connectivity index (χ1) is 9.50. The van der Waals surface area contributed by atoms with Crippen LogP contribution in [0.3, 0.4) is 0 Å². The van der Waals surface area contributed by atoms with Crippen LogP contribution in [0.1, 0.15) is 58.4 Å². The summed E-state index contributed by atoms with van der Waals surface area (Å²) >= 11 is 1.82. The molecule has 0 aromatic carbocycles. The van der Waals surface area contributed by atoms with Gasteiger partial charge in [0.1, 0.15) is 0 Å². The molecular formula is C18H31NS. The van der Waals surface area contributed by atoms with Gasteiger partial charge in [-0.25, -0.2) is 0 Å². The highest BCUT2D eigenvalue weighted by Crippen LogP contribution is 2.41. The van der Waals surface area contributed by atoms with Gasteiger partial charge < -0.3 is 5.32 Å². The number of hydrogen-bond acceptors (Lipinski definition) is 2. The fraction of sp³-hybridized carbons (Fsp3) is 0.778. The first-order valence-corrected chi connectivity index (χ1v) is 9.13. The van der Waals surface area contributed by atoms with Gasteiger partial charge in [0, 0.05) is 6.04 Å². The van der Waals surface area contributed by atoms with Crippen molar-refractivity contribution in [1.29, 1.82) is 0 Å². The van der Waals surface area contributed by atoms with E-state index in [4.69, 9.17) is 0 Å². The summed E-state index contributed by atoms with van der Waals surface area (Å²) in [7, 11) is 2.15. The van der Waals surface area contributed by atoms with E-state index in [-0.39, 0.29) is 0 Å². The SMILES string of the molecule is CNC(CCc1ccsc1)C1CCC(C(C)(C)C)CC1. The van der Waals surface area contributed by atoms with Gasteiger partial charge in [0.25, 0.3) is 0 Å². The van der Waals surface area contributed by atoms with Crippen molar-refractivity contribution in [2.45, 2.75) is 65.3 Å². The van der Waals surface area contributed by atoms with Crippen LogP contribution in [0.2, 0.25) is 0 Å². The predicted molar refractivity (Wildman–Crippen MR) is 90.4 cm³/mol. The third-order valence-electron chi connectivity index (χ3n) is 5.26. The minimum Gasteiger partial charge on any atom is -0.317 e. The van der Waals surface area contributed by atoms with Gasteiger partial charge >= 0.3 is 0 Å². The fourth-order valence-electron chi connectivity index (χ4n) is 3.76. The van der Waals surface area contributed by atoms with Gasteiger partial charge in [-0.15, -0.1) is 0 Å². The van der Waals surface area contributed by atoms with E-state index >= 15 is 0 Å². The maximum atomic E-state index is 3.59. The second-order valence-corrected chi connectivity index (χ2v) is 8.32. The molecular weight excluding hydrogens is 262 g/mol. The van der Waals surface area contributed by atoms with Gasteiger partial charge in [-0.1, -0.05) is 20.8 Å². The molecule has 2 heteroatoms. The highest BCUT2D eigenvalue weighted by molar-refractivity contribution is 7.07. The van der Waals surface area contributed by atoms with Crippen LogP contribution >= 0.6 is 11.3 Å². The Kier molecular flexibility index (Phi) is 5.68.